The first-order valence-electron chi connectivity index (χ1n) is 13.3. The normalized spacial score (nSPS) is 44.6. The monoisotopic (exact) mass is 398 g/mol. The highest BCUT2D eigenvalue weighted by Gasteiger charge is 2.60. The highest BCUT2D eigenvalue weighted by Crippen LogP contribution is 2.68. The molecule has 3 fully saturated rings. The standard InChI is InChI=1S/C29H50/c1-20(2)10-8-11-21(3)23-13-14-24-22-12-15-26-27(4,5)17-9-18-29(26,7)25(22)16-19-28(23,24)6/h15,20-25H,8-14,16-19H2,1-7H3/t21-,22+,23-,24+,25+,28-,29-/m1/s1. The lowest BCUT2D eigenvalue weighted by Gasteiger charge is -2.60. The van der Waals surface area contributed by atoms with E-state index in [0.29, 0.717) is 16.2 Å². The lowest BCUT2D eigenvalue weighted by Crippen LogP contribution is -2.52. The Labute approximate surface area is 182 Å². The molecule has 166 valence electrons. The minimum atomic E-state index is 0.446. The van der Waals surface area contributed by atoms with Crippen molar-refractivity contribution in [1.82, 2.24) is 0 Å². The van der Waals surface area contributed by atoms with E-state index in [1.54, 1.807) is 0 Å². The van der Waals surface area contributed by atoms with Crippen LogP contribution in [0.3, 0.4) is 0 Å². The van der Waals surface area contributed by atoms with Gasteiger partial charge in [0.1, 0.15) is 0 Å². The summed E-state index contributed by atoms with van der Waals surface area (Å²) in [7, 11) is 0. The van der Waals surface area contributed by atoms with Gasteiger partial charge in [0.2, 0.25) is 0 Å². The average Bonchev–Trinajstić information content (AvgIpc) is 2.98. The van der Waals surface area contributed by atoms with E-state index in [4.69, 9.17) is 0 Å². The van der Waals surface area contributed by atoms with E-state index in [0.717, 1.165) is 35.5 Å². The van der Waals surface area contributed by atoms with Gasteiger partial charge in [-0.3, -0.25) is 0 Å². The van der Waals surface area contributed by atoms with Crippen molar-refractivity contribution in [2.45, 2.75) is 119 Å². The number of fused-ring (bicyclic) bond motifs is 5. The zero-order valence-electron chi connectivity index (χ0n) is 20.8. The van der Waals surface area contributed by atoms with Crippen molar-refractivity contribution in [2.75, 3.05) is 0 Å². The van der Waals surface area contributed by atoms with Gasteiger partial charge in [0.25, 0.3) is 0 Å². The molecule has 7 atom stereocenters. The van der Waals surface area contributed by atoms with Crippen LogP contribution in [0, 0.1) is 51.8 Å². The summed E-state index contributed by atoms with van der Waals surface area (Å²) in [6.07, 6.45) is 18.9. The molecule has 0 heterocycles. The second-order valence-electron chi connectivity index (χ2n) is 13.4. The zero-order valence-corrected chi connectivity index (χ0v) is 20.8. The van der Waals surface area contributed by atoms with E-state index < -0.39 is 0 Å². The van der Waals surface area contributed by atoms with Gasteiger partial charge in [-0.15, -0.1) is 0 Å². The number of allylic oxidation sites excluding steroid dienone is 2. The Bertz CT molecular complexity index is 624. The first-order valence-corrected chi connectivity index (χ1v) is 13.3. The van der Waals surface area contributed by atoms with Crippen molar-refractivity contribution in [3.8, 4) is 0 Å². The van der Waals surface area contributed by atoms with Crippen molar-refractivity contribution in [2.24, 2.45) is 51.8 Å². The molecule has 29 heavy (non-hydrogen) atoms. The molecule has 0 saturated heterocycles. The highest BCUT2D eigenvalue weighted by molar-refractivity contribution is 5.29. The van der Waals surface area contributed by atoms with Gasteiger partial charge in [-0.25, -0.2) is 0 Å². The molecule has 4 aliphatic carbocycles. The van der Waals surface area contributed by atoms with Crippen LogP contribution in [0.25, 0.3) is 0 Å². The SMILES string of the molecule is CC(C)CCC[C@@H](C)[C@H]1CC[C@H]2[C@@H]3CC=C4C(C)(C)CCC[C@]4(C)[C@H]3CC[C@]12C. The molecule has 0 amide bonds. The van der Waals surface area contributed by atoms with E-state index in [-0.39, 0.29) is 0 Å². The third kappa shape index (κ3) is 3.57. The topological polar surface area (TPSA) is 0 Å². The summed E-state index contributed by atoms with van der Waals surface area (Å²) in [4.78, 5) is 0. The molecule has 0 N–H and O–H groups in total. The fourth-order valence-electron chi connectivity index (χ4n) is 9.52. The lowest BCUT2D eigenvalue weighted by molar-refractivity contribution is -0.0580. The average molecular weight is 399 g/mol. The summed E-state index contributed by atoms with van der Waals surface area (Å²) in [5, 5.41) is 0. The molecular weight excluding hydrogens is 348 g/mol. The molecule has 0 aromatic carbocycles. The minimum absolute atomic E-state index is 0.446. The molecule has 3 saturated carbocycles. The Morgan fingerprint density at radius 2 is 1.66 bits per heavy atom. The third-order valence-corrected chi connectivity index (χ3v) is 10.9. The van der Waals surface area contributed by atoms with Gasteiger partial charge in [-0.1, -0.05) is 85.8 Å². The Hall–Kier alpha value is -0.260. The maximum Gasteiger partial charge on any atom is -0.00799 e. The lowest BCUT2D eigenvalue weighted by atomic mass is 9.44. The van der Waals surface area contributed by atoms with E-state index in [1.165, 1.54) is 70.6 Å². The Morgan fingerprint density at radius 1 is 0.897 bits per heavy atom. The van der Waals surface area contributed by atoms with E-state index in [1.807, 2.05) is 5.57 Å². The number of hydrogen-bond acceptors (Lipinski definition) is 0. The molecule has 0 spiro atoms. The van der Waals surface area contributed by atoms with Crippen LogP contribution in [0.4, 0.5) is 0 Å². The summed E-state index contributed by atoms with van der Waals surface area (Å²) >= 11 is 0. The van der Waals surface area contributed by atoms with E-state index in [9.17, 15) is 0 Å². The van der Waals surface area contributed by atoms with Crippen molar-refractivity contribution >= 4 is 0 Å². The maximum atomic E-state index is 2.77. The van der Waals surface area contributed by atoms with Gasteiger partial charge >= 0.3 is 0 Å². The summed E-state index contributed by atoms with van der Waals surface area (Å²) in [5.74, 6) is 5.73. The van der Waals surface area contributed by atoms with E-state index >= 15 is 0 Å². The van der Waals surface area contributed by atoms with Crippen LogP contribution in [-0.4, -0.2) is 0 Å². The first kappa shape index (κ1) is 22.0. The van der Waals surface area contributed by atoms with Gasteiger partial charge in [0.05, 0.1) is 0 Å². The second-order valence-corrected chi connectivity index (χ2v) is 13.4. The van der Waals surface area contributed by atoms with Crippen molar-refractivity contribution in [3.05, 3.63) is 11.6 Å². The van der Waals surface area contributed by atoms with Crippen LogP contribution in [0.2, 0.25) is 0 Å². The van der Waals surface area contributed by atoms with Crippen LogP contribution in [-0.2, 0) is 0 Å². The first-order chi connectivity index (χ1) is 13.6. The third-order valence-electron chi connectivity index (χ3n) is 10.9. The minimum Gasteiger partial charge on any atom is -0.0839 e. The molecule has 0 nitrogen and oxygen atoms in total. The van der Waals surface area contributed by atoms with Crippen LogP contribution in [0.5, 0.6) is 0 Å². The van der Waals surface area contributed by atoms with Crippen molar-refractivity contribution in [1.29, 1.82) is 0 Å². The largest absolute Gasteiger partial charge is 0.0839 e. The van der Waals surface area contributed by atoms with Crippen LogP contribution < -0.4 is 0 Å². The summed E-state index contributed by atoms with van der Waals surface area (Å²) in [6.45, 7) is 17.9. The molecule has 0 heteroatoms. The van der Waals surface area contributed by atoms with Gasteiger partial charge < -0.3 is 0 Å². The summed E-state index contributed by atoms with van der Waals surface area (Å²) in [5.41, 5.74) is 3.44. The van der Waals surface area contributed by atoms with Crippen LogP contribution in [0.15, 0.2) is 11.6 Å². The molecule has 0 aliphatic heterocycles. The second kappa shape index (κ2) is 7.70. The van der Waals surface area contributed by atoms with E-state index in [2.05, 4.69) is 54.5 Å². The molecule has 0 radical (unpaired) electrons. The Morgan fingerprint density at radius 3 is 2.38 bits per heavy atom. The van der Waals surface area contributed by atoms with Gasteiger partial charge in [-0.05, 0) is 96.7 Å². The van der Waals surface area contributed by atoms with Crippen LogP contribution >= 0.6 is 0 Å². The van der Waals surface area contributed by atoms with Crippen LogP contribution in [0.1, 0.15) is 119 Å². The molecule has 0 unspecified atom stereocenters. The molecule has 0 aromatic heterocycles. The zero-order chi connectivity index (χ0) is 21.0. The Balaban J connectivity index is 1.53. The fraction of sp³-hybridized carbons (Fsp3) is 0.931. The number of rotatable bonds is 5. The van der Waals surface area contributed by atoms with Crippen molar-refractivity contribution in [3.63, 3.8) is 0 Å². The summed E-state index contributed by atoms with van der Waals surface area (Å²) < 4.78 is 0. The van der Waals surface area contributed by atoms with Gasteiger partial charge in [0, 0.05) is 0 Å². The predicted molar refractivity (Wildman–Crippen MR) is 127 cm³/mol. The molecule has 0 aromatic rings. The molecule has 4 rings (SSSR count). The van der Waals surface area contributed by atoms with Gasteiger partial charge in [-0.2, -0.15) is 0 Å². The summed E-state index contributed by atoms with van der Waals surface area (Å²) in [6, 6.07) is 0. The quantitative estimate of drug-likeness (QED) is 0.405. The number of hydrogen-bond donors (Lipinski definition) is 0. The highest BCUT2D eigenvalue weighted by atomic mass is 14.6. The Kier molecular flexibility index (Phi) is 5.83. The fourth-order valence-corrected chi connectivity index (χ4v) is 9.52. The molecule has 4 aliphatic rings. The predicted octanol–water partition coefficient (Wildman–Crippen LogP) is 9.05. The van der Waals surface area contributed by atoms with Crippen molar-refractivity contribution < 1.29 is 0 Å². The van der Waals surface area contributed by atoms with Gasteiger partial charge in [0.15, 0.2) is 0 Å². The molecular formula is C29H50. The molecule has 0 bridgehead atoms. The smallest absolute Gasteiger partial charge is 0.00799 e. The maximum absolute atomic E-state index is 2.77.